The van der Waals surface area contributed by atoms with E-state index in [0.29, 0.717) is 36.5 Å². The number of anilines is 1. The number of pyridine rings is 1. The molecule has 5 heterocycles. The van der Waals surface area contributed by atoms with Crippen molar-refractivity contribution in [3.05, 3.63) is 42.2 Å². The molecule has 0 spiro atoms. The highest BCUT2D eigenvalue weighted by molar-refractivity contribution is 6.01. The zero-order chi connectivity index (χ0) is 29.3. The molecule has 3 aliphatic rings. The fourth-order valence-electron chi connectivity index (χ4n) is 6.75. The lowest BCUT2D eigenvalue weighted by Gasteiger charge is -2.32. The van der Waals surface area contributed by atoms with Crippen molar-refractivity contribution in [2.75, 3.05) is 57.9 Å². The van der Waals surface area contributed by atoms with Gasteiger partial charge in [-0.15, -0.1) is 0 Å². The van der Waals surface area contributed by atoms with Crippen LogP contribution in [0.1, 0.15) is 39.5 Å². The molecule has 2 N–H and O–H groups in total. The number of rotatable bonds is 6. The monoisotopic (exact) mass is 574 g/mol. The summed E-state index contributed by atoms with van der Waals surface area (Å²) in [4.78, 5) is 18.7. The molecule has 0 radical (unpaired) electrons. The molecule has 0 atom stereocenters. The Morgan fingerprint density at radius 2 is 1.74 bits per heavy atom. The van der Waals surface area contributed by atoms with Crippen molar-refractivity contribution in [2.45, 2.75) is 45.1 Å². The smallest absolute Gasteiger partial charge is 0.319 e. The van der Waals surface area contributed by atoms with Crippen LogP contribution in [0.3, 0.4) is 0 Å². The number of aromatic hydroxyl groups is 1. The molecular formula is C32H39FN6O3. The number of methoxy groups -OCH3 is 1. The Balaban J connectivity index is 0.00000155. The van der Waals surface area contributed by atoms with Crippen LogP contribution in [0.25, 0.3) is 32.9 Å². The van der Waals surface area contributed by atoms with Crippen LogP contribution in [0.2, 0.25) is 0 Å². The fraction of sp³-hybridized carbons (Fsp3) is 0.469. The zero-order valence-electron chi connectivity index (χ0n) is 24.6. The fourth-order valence-corrected chi connectivity index (χ4v) is 6.75. The van der Waals surface area contributed by atoms with Crippen LogP contribution in [0.4, 0.5) is 10.2 Å². The first-order chi connectivity index (χ1) is 20.6. The van der Waals surface area contributed by atoms with E-state index in [9.17, 15) is 5.11 Å². The maximum atomic E-state index is 16.6. The highest BCUT2D eigenvalue weighted by Crippen LogP contribution is 2.42. The van der Waals surface area contributed by atoms with Crippen molar-refractivity contribution in [3.8, 4) is 28.9 Å². The van der Waals surface area contributed by atoms with Crippen molar-refractivity contribution < 1.29 is 19.0 Å². The minimum atomic E-state index is -0.600. The van der Waals surface area contributed by atoms with E-state index in [1.165, 1.54) is 13.2 Å². The van der Waals surface area contributed by atoms with Gasteiger partial charge < -0.3 is 24.8 Å². The average molecular weight is 575 g/mol. The number of fused-ring (bicyclic) bond motifs is 3. The number of aromatic nitrogens is 3. The van der Waals surface area contributed by atoms with E-state index in [4.69, 9.17) is 14.5 Å². The van der Waals surface area contributed by atoms with Gasteiger partial charge in [0.15, 0.2) is 5.82 Å². The molecule has 0 aliphatic carbocycles. The van der Waals surface area contributed by atoms with Crippen LogP contribution in [0.15, 0.2) is 36.4 Å². The van der Waals surface area contributed by atoms with E-state index in [-0.39, 0.29) is 34.4 Å². The van der Waals surface area contributed by atoms with Crippen LogP contribution in [-0.2, 0) is 0 Å². The summed E-state index contributed by atoms with van der Waals surface area (Å²) in [6, 6.07) is 10.9. The molecule has 0 saturated carbocycles. The summed E-state index contributed by atoms with van der Waals surface area (Å²) in [5.41, 5.74) is 0.626. The Labute approximate surface area is 245 Å². The quantitative estimate of drug-likeness (QED) is 0.325. The third-order valence-corrected chi connectivity index (χ3v) is 8.71. The summed E-state index contributed by atoms with van der Waals surface area (Å²) in [6.07, 6.45) is 4.50. The Morgan fingerprint density at radius 1 is 1.00 bits per heavy atom. The minimum Gasteiger partial charge on any atom is -0.508 e. The molecule has 2 aromatic heterocycles. The number of piperazine rings is 1. The third-order valence-electron chi connectivity index (χ3n) is 8.71. The molecular weight excluding hydrogens is 535 g/mol. The molecule has 222 valence electrons. The summed E-state index contributed by atoms with van der Waals surface area (Å²) in [6.45, 7) is 9.63. The molecule has 0 bridgehead atoms. The van der Waals surface area contributed by atoms with E-state index >= 15 is 4.39 Å². The number of nitrogens with zero attached hydrogens (tertiary/aromatic N) is 5. The summed E-state index contributed by atoms with van der Waals surface area (Å²) in [5, 5.41) is 15.8. The van der Waals surface area contributed by atoms with Gasteiger partial charge in [0.25, 0.3) is 0 Å². The number of phenols is 1. The Morgan fingerprint density at radius 3 is 2.48 bits per heavy atom. The van der Waals surface area contributed by atoms with Crippen LogP contribution < -0.4 is 19.7 Å². The molecule has 0 amide bonds. The van der Waals surface area contributed by atoms with E-state index in [1.54, 1.807) is 6.07 Å². The van der Waals surface area contributed by atoms with Crippen LogP contribution in [0.5, 0.6) is 17.6 Å². The van der Waals surface area contributed by atoms with Crippen LogP contribution >= 0.6 is 0 Å². The summed E-state index contributed by atoms with van der Waals surface area (Å²) in [7, 11) is 1.52. The first-order valence-electron chi connectivity index (χ1n) is 15.1. The van der Waals surface area contributed by atoms with Crippen molar-refractivity contribution in [1.82, 2.24) is 25.2 Å². The molecule has 3 aliphatic heterocycles. The number of halogens is 1. The maximum Gasteiger partial charge on any atom is 0.319 e. The molecule has 7 rings (SSSR count). The largest absolute Gasteiger partial charge is 0.508 e. The number of hydrogen-bond acceptors (Lipinski definition) is 9. The lowest BCUT2D eigenvalue weighted by atomic mass is 9.95. The van der Waals surface area contributed by atoms with Gasteiger partial charge in [0.2, 0.25) is 5.88 Å². The molecule has 9 nitrogen and oxygen atoms in total. The van der Waals surface area contributed by atoms with Crippen molar-refractivity contribution in [2.24, 2.45) is 0 Å². The van der Waals surface area contributed by atoms with Gasteiger partial charge in [-0.05, 0) is 61.7 Å². The molecule has 4 aromatic rings. The Bertz CT molecular complexity index is 1580. The average Bonchev–Trinajstić information content (AvgIpc) is 3.62. The standard InChI is InChI=1S/C30H33FN6O3.C2H6/c1-39-28-23-26(24(31)25(33-28)22-17-20(38)16-19-6-2-3-7-21(19)22)34-29(35-27(23)36-14-10-32-11-15-36)40-18-30-8-4-12-37(30)13-5-9-30;1-2/h2-3,6-7,16-17,32,38H,4-5,8-15,18H2,1H3;1-2H3. The molecule has 3 saturated heterocycles. The lowest BCUT2D eigenvalue weighted by molar-refractivity contribution is 0.108. The van der Waals surface area contributed by atoms with Gasteiger partial charge in [-0.2, -0.15) is 9.97 Å². The Hall–Kier alpha value is -3.76. The highest BCUT2D eigenvalue weighted by atomic mass is 19.1. The molecule has 0 unspecified atom stereocenters. The summed E-state index contributed by atoms with van der Waals surface area (Å²) in [5.74, 6) is 0.218. The van der Waals surface area contributed by atoms with Gasteiger partial charge in [0, 0.05) is 31.7 Å². The van der Waals surface area contributed by atoms with Crippen molar-refractivity contribution in [1.29, 1.82) is 0 Å². The topological polar surface area (TPSA) is 95.9 Å². The van der Waals surface area contributed by atoms with Gasteiger partial charge in [-0.3, -0.25) is 4.90 Å². The maximum absolute atomic E-state index is 16.6. The van der Waals surface area contributed by atoms with Gasteiger partial charge in [-0.25, -0.2) is 9.37 Å². The summed E-state index contributed by atoms with van der Waals surface area (Å²) < 4.78 is 28.7. The summed E-state index contributed by atoms with van der Waals surface area (Å²) >= 11 is 0. The number of nitrogens with one attached hydrogen (secondary N) is 1. The van der Waals surface area contributed by atoms with E-state index < -0.39 is 5.82 Å². The van der Waals surface area contributed by atoms with Gasteiger partial charge in [0.1, 0.15) is 34.8 Å². The zero-order valence-corrected chi connectivity index (χ0v) is 24.6. The van der Waals surface area contributed by atoms with Gasteiger partial charge >= 0.3 is 6.01 Å². The van der Waals surface area contributed by atoms with Gasteiger partial charge in [0.05, 0.1) is 12.6 Å². The predicted octanol–water partition coefficient (Wildman–Crippen LogP) is 5.14. The van der Waals surface area contributed by atoms with Crippen molar-refractivity contribution >= 4 is 27.5 Å². The van der Waals surface area contributed by atoms with E-state index in [0.717, 1.165) is 62.6 Å². The Kier molecular flexibility index (Phi) is 8.00. The second-order valence-corrected chi connectivity index (χ2v) is 11.0. The SMILES string of the molecule is CC.COc1nc(-c2cc(O)cc3ccccc23)c(F)c2nc(OCC34CCCN3CCC4)nc(N3CCNCC3)c12. The highest BCUT2D eigenvalue weighted by Gasteiger charge is 2.45. The number of benzene rings is 2. The first kappa shape index (κ1) is 28.4. The van der Waals surface area contributed by atoms with E-state index in [2.05, 4.69) is 25.1 Å². The third kappa shape index (κ3) is 4.96. The van der Waals surface area contributed by atoms with Crippen molar-refractivity contribution in [3.63, 3.8) is 0 Å². The lowest BCUT2D eigenvalue weighted by Crippen LogP contribution is -2.44. The molecule has 10 heteroatoms. The first-order valence-corrected chi connectivity index (χ1v) is 15.1. The predicted molar refractivity (Wildman–Crippen MR) is 163 cm³/mol. The normalized spacial score (nSPS) is 18.1. The number of ether oxygens (including phenoxy) is 2. The molecule has 42 heavy (non-hydrogen) atoms. The van der Waals surface area contributed by atoms with Gasteiger partial charge in [-0.1, -0.05) is 38.1 Å². The van der Waals surface area contributed by atoms with Crippen LogP contribution in [0, 0.1) is 5.82 Å². The van der Waals surface area contributed by atoms with Crippen LogP contribution in [-0.4, -0.2) is 83.5 Å². The second-order valence-electron chi connectivity index (χ2n) is 11.0. The van der Waals surface area contributed by atoms with E-state index in [1.807, 2.05) is 38.1 Å². The number of hydrogen-bond donors (Lipinski definition) is 2. The second kappa shape index (κ2) is 11.9. The number of phenolic OH excluding ortho intramolecular Hbond substituents is 1. The molecule has 3 fully saturated rings. The molecule has 2 aromatic carbocycles. The minimum absolute atomic E-state index is 0.00758.